The van der Waals surface area contributed by atoms with Crippen LogP contribution in [0, 0.1) is 5.82 Å². The Morgan fingerprint density at radius 3 is 1.55 bits per heavy atom. The van der Waals surface area contributed by atoms with Crippen LogP contribution in [0.5, 0.6) is 0 Å². The average Bonchev–Trinajstić information content (AvgIpc) is 3.54. The van der Waals surface area contributed by atoms with Crippen LogP contribution in [0.2, 0.25) is 0 Å². The Labute approximate surface area is 252 Å². The third kappa shape index (κ3) is 4.78. The molecule has 208 valence electrons. The van der Waals surface area contributed by atoms with Crippen LogP contribution in [-0.2, 0) is 0 Å². The van der Waals surface area contributed by atoms with Crippen molar-refractivity contribution in [1.82, 2.24) is 19.9 Å². The number of hydrogen-bond donors (Lipinski definition) is 0. The zero-order chi connectivity index (χ0) is 29.5. The summed E-state index contributed by atoms with van der Waals surface area (Å²) in [7, 11) is 0. The summed E-state index contributed by atoms with van der Waals surface area (Å²) >= 11 is 0. The SMILES string of the molecule is Fc1ccc(-c2ccc(-c3nc(-c4ccccc4)nc(-c4ccc(-c5nc6c(ccc7ccccc76)o5)cc4)n3)cc2)cc1. The van der Waals surface area contributed by atoms with Gasteiger partial charge in [0.1, 0.15) is 11.3 Å². The Morgan fingerprint density at radius 1 is 0.409 bits per heavy atom. The molecule has 8 aromatic rings. The first-order valence-electron chi connectivity index (χ1n) is 14.2. The van der Waals surface area contributed by atoms with Gasteiger partial charge in [-0.05, 0) is 46.8 Å². The van der Waals surface area contributed by atoms with Crippen molar-refractivity contribution in [3.05, 3.63) is 145 Å². The molecule has 0 fully saturated rings. The van der Waals surface area contributed by atoms with Crippen LogP contribution in [0.15, 0.2) is 144 Å². The van der Waals surface area contributed by atoms with Crippen molar-refractivity contribution in [3.8, 4) is 56.7 Å². The van der Waals surface area contributed by atoms with Crippen molar-refractivity contribution in [3.63, 3.8) is 0 Å². The van der Waals surface area contributed by atoms with E-state index < -0.39 is 0 Å². The topological polar surface area (TPSA) is 64.7 Å². The molecule has 2 aromatic heterocycles. The second-order valence-electron chi connectivity index (χ2n) is 10.5. The van der Waals surface area contributed by atoms with E-state index in [4.69, 9.17) is 24.4 Å². The van der Waals surface area contributed by atoms with E-state index in [1.165, 1.54) is 12.1 Å². The predicted molar refractivity (Wildman–Crippen MR) is 172 cm³/mol. The standard InChI is InChI=1S/C38H23FN4O/c39-31-21-18-25(19-22-31)24-10-12-28(13-11-24)36-41-35(27-7-2-1-3-8-27)42-37(43-36)29-14-16-30(17-15-29)38-40-34-32-9-5-4-6-26(32)20-23-33(34)44-38/h1-23H. The molecule has 0 unspecified atom stereocenters. The summed E-state index contributed by atoms with van der Waals surface area (Å²) in [6.07, 6.45) is 0. The lowest BCUT2D eigenvalue weighted by atomic mass is 10.0. The van der Waals surface area contributed by atoms with Gasteiger partial charge in [0.2, 0.25) is 5.89 Å². The lowest BCUT2D eigenvalue weighted by Gasteiger charge is -2.09. The molecule has 2 heterocycles. The van der Waals surface area contributed by atoms with Crippen molar-refractivity contribution in [1.29, 1.82) is 0 Å². The third-order valence-corrected chi connectivity index (χ3v) is 7.66. The minimum Gasteiger partial charge on any atom is -0.436 e. The van der Waals surface area contributed by atoms with Crippen LogP contribution < -0.4 is 0 Å². The Morgan fingerprint density at radius 2 is 0.909 bits per heavy atom. The molecule has 5 nitrogen and oxygen atoms in total. The van der Waals surface area contributed by atoms with E-state index in [0.29, 0.717) is 23.4 Å². The fourth-order valence-corrected chi connectivity index (χ4v) is 5.35. The molecule has 0 N–H and O–H groups in total. The quantitative estimate of drug-likeness (QED) is 0.206. The van der Waals surface area contributed by atoms with E-state index in [9.17, 15) is 4.39 Å². The highest BCUT2D eigenvalue weighted by Crippen LogP contribution is 2.32. The third-order valence-electron chi connectivity index (χ3n) is 7.66. The fourth-order valence-electron chi connectivity index (χ4n) is 5.35. The second kappa shape index (κ2) is 10.7. The average molecular weight is 571 g/mol. The first-order valence-corrected chi connectivity index (χ1v) is 14.2. The maximum absolute atomic E-state index is 13.4. The first-order chi connectivity index (χ1) is 21.7. The Bertz CT molecular complexity index is 2260. The molecule has 0 bridgehead atoms. The van der Waals surface area contributed by atoms with Crippen molar-refractivity contribution >= 4 is 21.9 Å². The molecular formula is C38H23FN4O. The van der Waals surface area contributed by atoms with Gasteiger partial charge in [-0.25, -0.2) is 24.3 Å². The second-order valence-corrected chi connectivity index (χ2v) is 10.5. The zero-order valence-electron chi connectivity index (χ0n) is 23.4. The molecule has 0 atom stereocenters. The van der Waals surface area contributed by atoms with Gasteiger partial charge in [-0.15, -0.1) is 0 Å². The summed E-state index contributed by atoms with van der Waals surface area (Å²) in [5.74, 6) is 2.02. The molecule has 0 aliphatic heterocycles. The number of oxazole rings is 1. The van der Waals surface area contributed by atoms with Crippen molar-refractivity contribution in [2.75, 3.05) is 0 Å². The van der Waals surface area contributed by atoms with Crippen molar-refractivity contribution in [2.24, 2.45) is 0 Å². The van der Waals surface area contributed by atoms with Crippen LogP contribution in [-0.4, -0.2) is 19.9 Å². The molecule has 44 heavy (non-hydrogen) atoms. The summed E-state index contributed by atoms with van der Waals surface area (Å²) in [6, 6.07) is 44.4. The molecule has 0 aliphatic rings. The van der Waals surface area contributed by atoms with Gasteiger partial charge < -0.3 is 4.42 Å². The van der Waals surface area contributed by atoms with Crippen molar-refractivity contribution in [2.45, 2.75) is 0 Å². The highest BCUT2D eigenvalue weighted by Gasteiger charge is 2.15. The molecule has 0 amide bonds. The Balaban J connectivity index is 1.17. The number of fused-ring (bicyclic) bond motifs is 3. The van der Waals surface area contributed by atoms with Gasteiger partial charge >= 0.3 is 0 Å². The maximum atomic E-state index is 13.4. The van der Waals surface area contributed by atoms with Gasteiger partial charge in [-0.1, -0.05) is 109 Å². The first kappa shape index (κ1) is 25.7. The normalized spacial score (nSPS) is 11.3. The van der Waals surface area contributed by atoms with E-state index >= 15 is 0 Å². The predicted octanol–water partition coefficient (Wildman–Crippen LogP) is 9.64. The number of rotatable bonds is 5. The summed E-state index contributed by atoms with van der Waals surface area (Å²) in [5, 5.41) is 2.19. The van der Waals surface area contributed by atoms with E-state index in [2.05, 4.69) is 18.2 Å². The van der Waals surface area contributed by atoms with Gasteiger partial charge in [0.15, 0.2) is 23.1 Å². The summed E-state index contributed by atoms with van der Waals surface area (Å²) < 4.78 is 19.6. The molecule has 0 saturated carbocycles. The van der Waals surface area contributed by atoms with Crippen molar-refractivity contribution < 1.29 is 8.81 Å². The largest absolute Gasteiger partial charge is 0.436 e. The number of hydrogen-bond acceptors (Lipinski definition) is 5. The molecule has 0 aliphatic carbocycles. The molecule has 8 rings (SSSR count). The molecule has 0 radical (unpaired) electrons. The highest BCUT2D eigenvalue weighted by molar-refractivity contribution is 6.04. The van der Waals surface area contributed by atoms with E-state index in [1.54, 1.807) is 12.1 Å². The fraction of sp³-hybridized carbons (Fsp3) is 0. The van der Waals surface area contributed by atoms with Crippen LogP contribution in [0.4, 0.5) is 4.39 Å². The zero-order valence-corrected chi connectivity index (χ0v) is 23.4. The molecule has 0 spiro atoms. The number of nitrogens with zero attached hydrogens (tertiary/aromatic N) is 4. The van der Waals surface area contributed by atoms with Crippen LogP contribution in [0.1, 0.15) is 0 Å². The summed E-state index contributed by atoms with van der Waals surface area (Å²) in [5.41, 5.74) is 6.98. The highest BCUT2D eigenvalue weighted by atomic mass is 19.1. The Hall–Kier alpha value is -6.01. The summed E-state index contributed by atoms with van der Waals surface area (Å²) in [4.78, 5) is 19.4. The molecule has 6 aromatic carbocycles. The van der Waals surface area contributed by atoms with E-state index in [0.717, 1.165) is 55.3 Å². The minimum absolute atomic E-state index is 0.257. The molecule has 0 saturated heterocycles. The number of benzene rings is 6. The number of halogens is 1. The van der Waals surface area contributed by atoms with Gasteiger partial charge in [-0.2, -0.15) is 0 Å². The van der Waals surface area contributed by atoms with Gasteiger partial charge in [0.25, 0.3) is 0 Å². The summed E-state index contributed by atoms with van der Waals surface area (Å²) in [6.45, 7) is 0. The van der Waals surface area contributed by atoms with Gasteiger partial charge in [-0.3, -0.25) is 0 Å². The van der Waals surface area contributed by atoms with Crippen LogP contribution in [0.3, 0.4) is 0 Å². The number of aromatic nitrogens is 4. The molecular weight excluding hydrogens is 547 g/mol. The lowest BCUT2D eigenvalue weighted by molar-refractivity contribution is 0.620. The molecule has 6 heteroatoms. The Kier molecular flexibility index (Phi) is 6.23. The van der Waals surface area contributed by atoms with E-state index in [1.807, 2.05) is 97.1 Å². The van der Waals surface area contributed by atoms with E-state index in [-0.39, 0.29) is 5.82 Å². The van der Waals surface area contributed by atoms with Crippen LogP contribution >= 0.6 is 0 Å². The monoisotopic (exact) mass is 570 g/mol. The maximum Gasteiger partial charge on any atom is 0.227 e. The van der Waals surface area contributed by atoms with Gasteiger partial charge in [0.05, 0.1) is 0 Å². The smallest absolute Gasteiger partial charge is 0.227 e. The lowest BCUT2D eigenvalue weighted by Crippen LogP contribution is -2.00. The van der Waals surface area contributed by atoms with Crippen LogP contribution in [0.25, 0.3) is 78.6 Å². The van der Waals surface area contributed by atoms with Gasteiger partial charge in [0, 0.05) is 27.6 Å². The minimum atomic E-state index is -0.257.